The molecule has 1 aromatic carbocycles. The van der Waals surface area contributed by atoms with Crippen molar-refractivity contribution in [1.82, 2.24) is 10.2 Å². The lowest BCUT2D eigenvalue weighted by Gasteiger charge is -2.27. The van der Waals surface area contributed by atoms with Crippen LogP contribution in [-0.4, -0.2) is 36.5 Å². The van der Waals surface area contributed by atoms with Crippen molar-refractivity contribution in [3.05, 3.63) is 35.4 Å². The molecule has 2 heterocycles. The van der Waals surface area contributed by atoms with Crippen LogP contribution in [0, 0.1) is 0 Å². The summed E-state index contributed by atoms with van der Waals surface area (Å²) in [5, 5.41) is 3.57. The summed E-state index contributed by atoms with van der Waals surface area (Å²) in [5.74, 6) is 0.230. The number of nitrogens with zero attached hydrogens (tertiary/aromatic N) is 1. The second-order valence-electron chi connectivity index (χ2n) is 5.99. The monoisotopic (exact) mass is 272 g/mol. The fraction of sp³-hybridized carbons (Fsp3) is 0.588. The summed E-state index contributed by atoms with van der Waals surface area (Å²) in [7, 11) is 0. The van der Waals surface area contributed by atoms with E-state index in [-0.39, 0.29) is 5.91 Å². The maximum Gasteiger partial charge on any atom is 0.254 e. The summed E-state index contributed by atoms with van der Waals surface area (Å²) in [5.41, 5.74) is 2.14. The molecule has 0 bridgehead atoms. The lowest BCUT2D eigenvalue weighted by atomic mass is 10.0. The zero-order valence-corrected chi connectivity index (χ0v) is 12.1. The van der Waals surface area contributed by atoms with Gasteiger partial charge in [0.1, 0.15) is 0 Å². The van der Waals surface area contributed by atoms with Crippen LogP contribution in [0.3, 0.4) is 0 Å². The molecule has 1 atom stereocenters. The van der Waals surface area contributed by atoms with E-state index < -0.39 is 0 Å². The Labute approximate surface area is 121 Å². The van der Waals surface area contributed by atoms with Crippen molar-refractivity contribution in [2.24, 2.45) is 0 Å². The van der Waals surface area contributed by atoms with Crippen molar-refractivity contribution >= 4 is 5.91 Å². The normalized spacial score (nSPS) is 23.3. The maximum atomic E-state index is 12.6. The van der Waals surface area contributed by atoms with Gasteiger partial charge in [-0.2, -0.15) is 0 Å². The number of carbonyl (C=O) groups excluding carboxylic acids is 1. The highest BCUT2D eigenvalue weighted by Gasteiger charge is 2.23. The molecule has 1 amide bonds. The highest BCUT2D eigenvalue weighted by molar-refractivity contribution is 5.96. The standard InChI is InChI=1S/C17H24N2O/c20-17-16-9-2-1-6-14(16)7-5-12-19(17)13-10-15-8-3-4-11-18-15/h1-2,6,9,15,18H,3-5,7-8,10-13H2. The average molecular weight is 272 g/mol. The Morgan fingerprint density at radius 3 is 2.95 bits per heavy atom. The van der Waals surface area contributed by atoms with Gasteiger partial charge in [-0.15, -0.1) is 0 Å². The van der Waals surface area contributed by atoms with E-state index >= 15 is 0 Å². The van der Waals surface area contributed by atoms with E-state index in [0.717, 1.165) is 44.5 Å². The molecule has 3 nitrogen and oxygen atoms in total. The molecule has 1 saturated heterocycles. The van der Waals surface area contributed by atoms with Crippen molar-refractivity contribution in [2.45, 2.75) is 44.6 Å². The Kier molecular flexibility index (Phi) is 4.36. The summed E-state index contributed by atoms with van der Waals surface area (Å²) in [6.07, 6.45) is 7.09. The summed E-state index contributed by atoms with van der Waals surface area (Å²) < 4.78 is 0. The van der Waals surface area contributed by atoms with Crippen molar-refractivity contribution in [3.8, 4) is 0 Å². The molecule has 0 aliphatic carbocycles. The first kappa shape index (κ1) is 13.6. The van der Waals surface area contributed by atoms with Gasteiger partial charge in [-0.25, -0.2) is 0 Å². The number of rotatable bonds is 3. The van der Waals surface area contributed by atoms with E-state index in [1.807, 2.05) is 18.2 Å². The minimum absolute atomic E-state index is 0.230. The number of benzene rings is 1. The first-order chi connectivity index (χ1) is 9.84. The van der Waals surface area contributed by atoms with Gasteiger partial charge in [-0.1, -0.05) is 24.6 Å². The third kappa shape index (κ3) is 3.04. The zero-order valence-electron chi connectivity index (χ0n) is 12.1. The number of hydrogen-bond acceptors (Lipinski definition) is 2. The fourth-order valence-electron chi connectivity index (χ4n) is 3.37. The molecule has 1 fully saturated rings. The summed E-state index contributed by atoms with van der Waals surface area (Å²) >= 11 is 0. The van der Waals surface area contributed by atoms with E-state index in [9.17, 15) is 4.79 Å². The van der Waals surface area contributed by atoms with Gasteiger partial charge >= 0.3 is 0 Å². The van der Waals surface area contributed by atoms with Crippen LogP contribution in [0.1, 0.15) is 48.0 Å². The van der Waals surface area contributed by atoms with E-state index in [1.165, 1.54) is 24.8 Å². The number of hydrogen-bond donors (Lipinski definition) is 1. The van der Waals surface area contributed by atoms with Gasteiger partial charge in [0.15, 0.2) is 0 Å². The molecule has 2 aliphatic rings. The van der Waals surface area contributed by atoms with Crippen molar-refractivity contribution in [3.63, 3.8) is 0 Å². The molecule has 0 aromatic heterocycles. The van der Waals surface area contributed by atoms with Gasteiger partial charge in [-0.3, -0.25) is 4.79 Å². The molecule has 0 radical (unpaired) electrons. The molecule has 20 heavy (non-hydrogen) atoms. The number of amides is 1. The van der Waals surface area contributed by atoms with E-state index in [1.54, 1.807) is 0 Å². The van der Waals surface area contributed by atoms with Crippen LogP contribution in [0.5, 0.6) is 0 Å². The Morgan fingerprint density at radius 1 is 1.20 bits per heavy atom. The van der Waals surface area contributed by atoms with Crippen molar-refractivity contribution in [1.29, 1.82) is 0 Å². The molecular formula is C17H24N2O. The minimum atomic E-state index is 0.230. The quantitative estimate of drug-likeness (QED) is 0.917. The van der Waals surface area contributed by atoms with Gasteiger partial charge in [-0.05, 0) is 50.3 Å². The molecule has 0 saturated carbocycles. The predicted molar refractivity (Wildman–Crippen MR) is 80.9 cm³/mol. The number of aryl methyl sites for hydroxylation is 1. The van der Waals surface area contributed by atoms with Gasteiger partial charge in [0.2, 0.25) is 0 Å². The van der Waals surface area contributed by atoms with Crippen molar-refractivity contribution < 1.29 is 4.79 Å². The molecule has 1 N–H and O–H groups in total. The molecule has 1 aromatic rings. The molecule has 2 aliphatic heterocycles. The van der Waals surface area contributed by atoms with Crippen LogP contribution in [0.2, 0.25) is 0 Å². The van der Waals surface area contributed by atoms with Gasteiger partial charge in [0.25, 0.3) is 5.91 Å². The third-order valence-corrected chi connectivity index (χ3v) is 4.57. The predicted octanol–water partition coefficient (Wildman–Crippen LogP) is 2.61. The summed E-state index contributed by atoms with van der Waals surface area (Å²) in [6.45, 7) is 2.94. The number of fused-ring (bicyclic) bond motifs is 1. The number of carbonyl (C=O) groups is 1. The van der Waals surface area contributed by atoms with E-state index in [4.69, 9.17) is 0 Å². The molecule has 0 spiro atoms. The average Bonchev–Trinajstić information content (AvgIpc) is 2.66. The Morgan fingerprint density at radius 2 is 2.10 bits per heavy atom. The van der Waals surface area contributed by atoms with Gasteiger partial charge in [0.05, 0.1) is 0 Å². The second-order valence-corrected chi connectivity index (χ2v) is 5.99. The Bertz CT molecular complexity index is 466. The summed E-state index contributed by atoms with van der Waals surface area (Å²) in [6, 6.07) is 8.69. The van der Waals surface area contributed by atoms with Gasteiger partial charge in [0, 0.05) is 24.7 Å². The molecular weight excluding hydrogens is 248 g/mol. The minimum Gasteiger partial charge on any atom is -0.339 e. The first-order valence-electron chi connectivity index (χ1n) is 7.95. The largest absolute Gasteiger partial charge is 0.339 e. The van der Waals surface area contributed by atoms with Crippen LogP contribution in [-0.2, 0) is 6.42 Å². The topological polar surface area (TPSA) is 32.3 Å². The number of nitrogens with one attached hydrogen (secondary N) is 1. The van der Waals surface area contributed by atoms with E-state index in [0.29, 0.717) is 6.04 Å². The highest BCUT2D eigenvalue weighted by atomic mass is 16.2. The Hall–Kier alpha value is -1.35. The Balaban J connectivity index is 1.63. The fourth-order valence-corrected chi connectivity index (χ4v) is 3.37. The lowest BCUT2D eigenvalue weighted by molar-refractivity contribution is 0.0752. The van der Waals surface area contributed by atoms with Crippen LogP contribution in [0.4, 0.5) is 0 Å². The maximum absolute atomic E-state index is 12.6. The van der Waals surface area contributed by atoms with Crippen LogP contribution in [0.25, 0.3) is 0 Å². The van der Waals surface area contributed by atoms with E-state index in [2.05, 4.69) is 16.3 Å². The van der Waals surface area contributed by atoms with Crippen LogP contribution >= 0.6 is 0 Å². The smallest absolute Gasteiger partial charge is 0.254 e. The van der Waals surface area contributed by atoms with Crippen molar-refractivity contribution in [2.75, 3.05) is 19.6 Å². The third-order valence-electron chi connectivity index (χ3n) is 4.57. The number of piperidine rings is 1. The molecule has 1 unspecified atom stereocenters. The molecule has 108 valence electrons. The summed E-state index contributed by atoms with van der Waals surface area (Å²) in [4.78, 5) is 14.7. The second kappa shape index (κ2) is 6.40. The van der Waals surface area contributed by atoms with Crippen LogP contribution < -0.4 is 5.32 Å². The van der Waals surface area contributed by atoms with Gasteiger partial charge < -0.3 is 10.2 Å². The molecule has 3 rings (SSSR count). The SMILES string of the molecule is O=C1c2ccccc2CCCN1CCC1CCCCN1. The van der Waals surface area contributed by atoms with Crippen LogP contribution in [0.15, 0.2) is 24.3 Å². The lowest BCUT2D eigenvalue weighted by Crippen LogP contribution is -2.39. The zero-order chi connectivity index (χ0) is 13.8. The first-order valence-corrected chi connectivity index (χ1v) is 7.95. The highest BCUT2D eigenvalue weighted by Crippen LogP contribution is 2.19. The molecule has 3 heteroatoms.